The van der Waals surface area contributed by atoms with Crippen LogP contribution in [0.1, 0.15) is 23.2 Å². The van der Waals surface area contributed by atoms with Gasteiger partial charge in [-0.25, -0.2) is 0 Å². The van der Waals surface area contributed by atoms with Gasteiger partial charge >= 0.3 is 0 Å². The molecule has 0 radical (unpaired) electrons. The summed E-state index contributed by atoms with van der Waals surface area (Å²) >= 11 is 0.781. The maximum Gasteiger partial charge on any atom is 0.166 e. The fraction of sp³-hybridized carbons (Fsp3) is 0.235. The monoisotopic (exact) mass is 361 g/mol. The number of carboxylic acid groups (broad SMARTS) is 1. The molecule has 1 aliphatic rings. The number of carboxylic acids is 1. The summed E-state index contributed by atoms with van der Waals surface area (Å²) in [7, 11) is 0. The van der Waals surface area contributed by atoms with Crippen molar-refractivity contribution >= 4 is 23.7 Å². The van der Waals surface area contributed by atoms with Gasteiger partial charge in [0.15, 0.2) is 5.75 Å². The number of para-hydroxylation sites is 1. The molecule has 0 bridgehead atoms. The van der Waals surface area contributed by atoms with Gasteiger partial charge in [0.25, 0.3) is 0 Å². The van der Waals surface area contributed by atoms with Crippen LogP contribution in [0.4, 0.5) is 5.69 Å². The molecule has 1 heterocycles. The van der Waals surface area contributed by atoms with Crippen LogP contribution in [0.5, 0.6) is 11.5 Å². The molecule has 0 saturated carbocycles. The highest BCUT2D eigenvalue weighted by Crippen LogP contribution is 2.43. The first-order valence-electron chi connectivity index (χ1n) is 7.76. The van der Waals surface area contributed by atoms with Crippen LogP contribution in [0, 0.1) is 0 Å². The van der Waals surface area contributed by atoms with Crippen molar-refractivity contribution in [2.75, 3.05) is 18.0 Å². The molecule has 7 nitrogen and oxygen atoms in total. The number of anilines is 1. The number of ether oxygens (including phenoxy) is 1. The zero-order chi connectivity index (χ0) is 17.6. The van der Waals surface area contributed by atoms with Gasteiger partial charge in [-0.2, -0.15) is 5.90 Å². The Kier molecular flexibility index (Phi) is 5.77. The van der Waals surface area contributed by atoms with Gasteiger partial charge < -0.3 is 19.5 Å². The summed E-state index contributed by atoms with van der Waals surface area (Å²) in [4.78, 5) is 18.0. The molecule has 0 spiro atoms. The van der Waals surface area contributed by atoms with Gasteiger partial charge in [-0.15, -0.1) is 9.32 Å². The third kappa shape index (κ3) is 4.23. The second kappa shape index (κ2) is 8.21. The van der Waals surface area contributed by atoms with E-state index in [9.17, 15) is 9.90 Å². The Morgan fingerprint density at radius 3 is 2.52 bits per heavy atom. The molecule has 1 fully saturated rings. The maximum absolute atomic E-state index is 11.4. The molecule has 1 saturated heterocycles. The highest BCUT2D eigenvalue weighted by molar-refractivity contribution is 7.94. The van der Waals surface area contributed by atoms with Gasteiger partial charge in [-0.3, -0.25) is 0 Å². The number of nitrogens with zero attached hydrogens (tertiary/aromatic N) is 1. The number of carbonyl (C=O) groups excluding carboxylic acids is 1. The molecule has 0 aromatic heterocycles. The van der Waals surface area contributed by atoms with Crippen LogP contribution in [-0.4, -0.2) is 19.1 Å². The zero-order valence-corrected chi connectivity index (χ0v) is 14.2. The van der Waals surface area contributed by atoms with Crippen LogP contribution in [0.25, 0.3) is 0 Å². The molecular formula is C17H17N2O5S-. The molecule has 2 aromatic carbocycles. The Morgan fingerprint density at radius 1 is 1.16 bits per heavy atom. The number of carbonyl (C=O) groups is 1. The van der Waals surface area contributed by atoms with Gasteiger partial charge in [-0.1, -0.05) is 18.2 Å². The van der Waals surface area contributed by atoms with E-state index in [1.54, 1.807) is 6.07 Å². The van der Waals surface area contributed by atoms with E-state index in [1.165, 1.54) is 6.07 Å². The third-order valence-corrected chi connectivity index (χ3v) is 4.47. The van der Waals surface area contributed by atoms with Crippen LogP contribution in [-0.2, 0) is 9.32 Å². The summed E-state index contributed by atoms with van der Waals surface area (Å²) < 4.78 is 10.8. The lowest BCUT2D eigenvalue weighted by Gasteiger charge is -2.24. The highest BCUT2D eigenvalue weighted by Gasteiger charge is 2.22. The molecule has 0 unspecified atom stereocenters. The molecule has 132 valence electrons. The van der Waals surface area contributed by atoms with Gasteiger partial charge in [0.2, 0.25) is 0 Å². The van der Waals surface area contributed by atoms with Crippen molar-refractivity contribution in [2.45, 2.75) is 17.7 Å². The molecule has 2 N–H and O–H groups in total. The van der Waals surface area contributed by atoms with Crippen molar-refractivity contribution in [3.8, 4) is 11.5 Å². The second-order valence-corrected chi connectivity index (χ2v) is 6.21. The lowest BCUT2D eigenvalue weighted by Crippen LogP contribution is -2.24. The Bertz CT molecular complexity index is 735. The normalized spacial score (nSPS) is 13.9. The summed E-state index contributed by atoms with van der Waals surface area (Å²) in [5, 5.41) is 11.4. The van der Waals surface area contributed by atoms with Crippen molar-refractivity contribution in [1.82, 2.24) is 0 Å². The second-order valence-electron chi connectivity index (χ2n) is 5.47. The van der Waals surface area contributed by atoms with Crippen LogP contribution in [0.15, 0.2) is 47.4 Å². The van der Waals surface area contributed by atoms with Gasteiger partial charge in [0.1, 0.15) is 5.75 Å². The summed E-state index contributed by atoms with van der Waals surface area (Å²) in [6.45, 7) is 1.64. The fourth-order valence-electron chi connectivity index (χ4n) is 2.73. The first-order chi connectivity index (χ1) is 12.2. The van der Waals surface area contributed by atoms with Crippen molar-refractivity contribution in [1.29, 1.82) is 0 Å². The van der Waals surface area contributed by atoms with E-state index < -0.39 is 5.97 Å². The zero-order valence-electron chi connectivity index (χ0n) is 13.3. The summed E-state index contributed by atoms with van der Waals surface area (Å²) in [6.07, 6.45) is 2.07. The molecule has 8 heteroatoms. The topological polar surface area (TPSA) is 97.1 Å². The van der Waals surface area contributed by atoms with Crippen molar-refractivity contribution in [3.63, 3.8) is 0 Å². The highest BCUT2D eigenvalue weighted by atomic mass is 32.2. The van der Waals surface area contributed by atoms with Crippen molar-refractivity contribution < 1.29 is 24.0 Å². The number of aromatic carboxylic acids is 1. The predicted octanol–water partition coefficient (Wildman–Crippen LogP) is 2.27. The largest absolute Gasteiger partial charge is 0.545 e. The summed E-state index contributed by atoms with van der Waals surface area (Å²) in [6, 6.07) is 12.2. The third-order valence-electron chi connectivity index (χ3n) is 3.84. The number of benzene rings is 2. The molecule has 1 aliphatic heterocycles. The Balaban J connectivity index is 2.07. The van der Waals surface area contributed by atoms with Crippen molar-refractivity contribution in [3.05, 3.63) is 48.0 Å². The Hall–Kier alpha value is -2.26. The SMILES string of the molecule is NOOSc1cc(C(=O)[O-])cc(N2CCCC2)c1Oc1ccccc1. The van der Waals surface area contributed by atoms with Gasteiger partial charge in [0.05, 0.1) is 28.6 Å². The van der Waals surface area contributed by atoms with E-state index in [4.69, 9.17) is 15.0 Å². The fourth-order valence-corrected chi connectivity index (χ4v) is 3.24. The summed E-state index contributed by atoms with van der Waals surface area (Å²) in [5.74, 6) is 4.75. The first-order valence-corrected chi connectivity index (χ1v) is 8.50. The van der Waals surface area contributed by atoms with E-state index in [-0.39, 0.29) is 5.56 Å². The molecular weight excluding hydrogens is 344 g/mol. The minimum absolute atomic E-state index is 0.0328. The lowest BCUT2D eigenvalue weighted by atomic mass is 10.1. The minimum Gasteiger partial charge on any atom is -0.545 e. The van der Waals surface area contributed by atoms with E-state index in [1.807, 2.05) is 30.3 Å². The lowest BCUT2D eigenvalue weighted by molar-refractivity contribution is -0.255. The van der Waals surface area contributed by atoms with Crippen molar-refractivity contribution in [2.24, 2.45) is 5.90 Å². The number of hydrogen-bond acceptors (Lipinski definition) is 8. The smallest absolute Gasteiger partial charge is 0.166 e. The van der Waals surface area contributed by atoms with E-state index in [0.717, 1.165) is 38.0 Å². The standard InChI is InChI=1S/C17H18N2O5S/c18-23-24-25-15-11-12(17(20)21)10-14(19-8-4-5-9-19)16(15)22-13-6-2-1-3-7-13/h1-3,6-7,10-11H,4-5,8-9,18H2,(H,20,21)/p-1. The Labute approximate surface area is 149 Å². The molecule has 0 amide bonds. The molecule has 0 aliphatic carbocycles. The van der Waals surface area contributed by atoms with E-state index >= 15 is 0 Å². The first kappa shape index (κ1) is 17.6. The minimum atomic E-state index is -1.28. The van der Waals surface area contributed by atoms with Crippen LogP contribution in [0.3, 0.4) is 0 Å². The number of nitrogens with two attached hydrogens (primary N) is 1. The van der Waals surface area contributed by atoms with Gasteiger partial charge in [-0.05, 0) is 37.1 Å². The summed E-state index contributed by atoms with van der Waals surface area (Å²) in [5.41, 5.74) is 0.705. The number of rotatable bonds is 7. The molecule has 25 heavy (non-hydrogen) atoms. The van der Waals surface area contributed by atoms with E-state index in [2.05, 4.69) is 9.89 Å². The average Bonchev–Trinajstić information content (AvgIpc) is 3.15. The Morgan fingerprint density at radius 2 is 1.88 bits per heavy atom. The van der Waals surface area contributed by atoms with Crippen LogP contribution >= 0.6 is 12.0 Å². The van der Waals surface area contributed by atoms with Gasteiger partial charge in [0, 0.05) is 18.7 Å². The molecule has 3 rings (SSSR count). The maximum atomic E-state index is 11.4. The quantitative estimate of drug-likeness (QED) is 0.456. The van der Waals surface area contributed by atoms with E-state index in [0.29, 0.717) is 22.1 Å². The average molecular weight is 361 g/mol. The molecule has 2 aromatic rings. The predicted molar refractivity (Wildman–Crippen MR) is 90.9 cm³/mol. The van der Waals surface area contributed by atoms with Crippen LogP contribution in [0.2, 0.25) is 0 Å². The van der Waals surface area contributed by atoms with Crippen LogP contribution < -0.4 is 20.6 Å². The molecule has 0 atom stereocenters. The number of hydrogen-bond donors (Lipinski definition) is 1.